The Morgan fingerprint density at radius 2 is 1.80 bits per heavy atom. The second kappa shape index (κ2) is 9.19. The van der Waals surface area contributed by atoms with Gasteiger partial charge in [0.15, 0.2) is 0 Å². The van der Waals surface area contributed by atoms with Gasteiger partial charge in [0.05, 0.1) is 18.2 Å². The van der Waals surface area contributed by atoms with Crippen molar-refractivity contribution in [2.24, 2.45) is 0 Å². The minimum Gasteiger partial charge on any atom is -0.376 e. The minimum absolute atomic E-state index is 0.0189. The summed E-state index contributed by atoms with van der Waals surface area (Å²) in [6.07, 6.45) is -1.63. The van der Waals surface area contributed by atoms with Gasteiger partial charge in [-0.1, -0.05) is 36.4 Å². The van der Waals surface area contributed by atoms with Crippen LogP contribution in [0.3, 0.4) is 0 Å². The normalized spacial score (nSPS) is 15.8. The molecular formula is C22H24F3N3O2. The van der Waals surface area contributed by atoms with E-state index in [1.54, 1.807) is 30.1 Å². The molecule has 1 aliphatic carbocycles. The number of nitrogens with one attached hydrogen (secondary N) is 2. The molecule has 0 fully saturated rings. The monoisotopic (exact) mass is 419 g/mol. The first kappa shape index (κ1) is 21.7. The number of hydrogen-bond acceptors (Lipinski definition) is 3. The summed E-state index contributed by atoms with van der Waals surface area (Å²) in [5, 5.41) is 4.75. The topological polar surface area (TPSA) is 61.4 Å². The lowest BCUT2D eigenvalue weighted by molar-refractivity contribution is -0.130. The Labute approximate surface area is 173 Å². The molecule has 2 aromatic rings. The number of rotatable bonds is 6. The molecule has 0 spiro atoms. The summed E-state index contributed by atoms with van der Waals surface area (Å²) in [5.74, 6) is -1.01. The number of para-hydroxylation sites is 1. The molecule has 1 unspecified atom stereocenters. The maximum absolute atomic E-state index is 12.8. The van der Waals surface area contributed by atoms with Gasteiger partial charge in [0.1, 0.15) is 6.54 Å². The molecule has 160 valence electrons. The van der Waals surface area contributed by atoms with Crippen LogP contribution >= 0.6 is 0 Å². The quantitative estimate of drug-likeness (QED) is 0.746. The zero-order valence-electron chi connectivity index (χ0n) is 16.6. The fourth-order valence-corrected chi connectivity index (χ4v) is 3.71. The molecule has 0 aliphatic heterocycles. The number of alkyl halides is 3. The van der Waals surface area contributed by atoms with Gasteiger partial charge in [-0.2, -0.15) is 13.2 Å². The Hall–Kier alpha value is -3.03. The van der Waals surface area contributed by atoms with Gasteiger partial charge in [-0.15, -0.1) is 0 Å². The summed E-state index contributed by atoms with van der Waals surface area (Å²) >= 11 is 0. The SMILES string of the molecule is CN(C(=O)CNc1ccccc1C(=O)NCC(F)(F)F)C1CCCc2ccccc21. The van der Waals surface area contributed by atoms with E-state index in [1.807, 2.05) is 23.5 Å². The van der Waals surface area contributed by atoms with Crippen molar-refractivity contribution in [3.8, 4) is 0 Å². The first-order chi connectivity index (χ1) is 14.3. The van der Waals surface area contributed by atoms with E-state index in [1.165, 1.54) is 11.6 Å². The number of halogens is 3. The Morgan fingerprint density at radius 1 is 1.10 bits per heavy atom. The fourth-order valence-electron chi connectivity index (χ4n) is 3.71. The highest BCUT2D eigenvalue weighted by Crippen LogP contribution is 2.33. The van der Waals surface area contributed by atoms with Crippen molar-refractivity contribution in [2.45, 2.75) is 31.5 Å². The van der Waals surface area contributed by atoms with Gasteiger partial charge in [0.25, 0.3) is 5.91 Å². The van der Waals surface area contributed by atoms with Crippen molar-refractivity contribution in [3.63, 3.8) is 0 Å². The zero-order valence-corrected chi connectivity index (χ0v) is 16.6. The molecule has 0 radical (unpaired) electrons. The van der Waals surface area contributed by atoms with Gasteiger partial charge in [-0.3, -0.25) is 9.59 Å². The van der Waals surface area contributed by atoms with Crippen LogP contribution in [0, 0.1) is 0 Å². The molecule has 0 aromatic heterocycles. The first-order valence-corrected chi connectivity index (χ1v) is 9.77. The van der Waals surface area contributed by atoms with Crippen molar-refractivity contribution in [3.05, 3.63) is 65.2 Å². The number of amides is 2. The number of benzene rings is 2. The standard InChI is InChI=1S/C22H24F3N3O2/c1-28(19-12-6-8-15-7-2-3-9-16(15)19)20(29)13-26-18-11-5-4-10-17(18)21(30)27-14-22(23,24)25/h2-5,7,9-11,19,26H,6,8,12-14H2,1H3,(H,27,30). The lowest BCUT2D eigenvalue weighted by atomic mass is 9.87. The van der Waals surface area contributed by atoms with E-state index >= 15 is 0 Å². The number of nitrogens with zero attached hydrogens (tertiary/aromatic N) is 1. The largest absolute Gasteiger partial charge is 0.405 e. The molecule has 8 heteroatoms. The molecule has 30 heavy (non-hydrogen) atoms. The molecular weight excluding hydrogens is 395 g/mol. The summed E-state index contributed by atoms with van der Waals surface area (Å²) in [5.41, 5.74) is 2.75. The van der Waals surface area contributed by atoms with Gasteiger partial charge < -0.3 is 15.5 Å². The third-order valence-corrected chi connectivity index (χ3v) is 5.25. The first-order valence-electron chi connectivity index (χ1n) is 9.77. The average Bonchev–Trinajstić information content (AvgIpc) is 2.74. The number of carbonyl (C=O) groups is 2. The molecule has 3 rings (SSSR count). The van der Waals surface area contributed by atoms with E-state index in [-0.39, 0.29) is 24.1 Å². The Bertz CT molecular complexity index is 914. The summed E-state index contributed by atoms with van der Waals surface area (Å²) in [6.45, 7) is -1.48. The lowest BCUT2D eigenvalue weighted by Gasteiger charge is -2.33. The van der Waals surface area contributed by atoms with Crippen LogP contribution in [0.25, 0.3) is 0 Å². The van der Waals surface area contributed by atoms with E-state index in [9.17, 15) is 22.8 Å². The fraction of sp³-hybridized carbons (Fsp3) is 0.364. The molecule has 0 saturated carbocycles. The lowest BCUT2D eigenvalue weighted by Crippen LogP contribution is -2.37. The van der Waals surface area contributed by atoms with Crippen molar-refractivity contribution in [1.29, 1.82) is 0 Å². The Morgan fingerprint density at radius 3 is 2.57 bits per heavy atom. The molecule has 2 N–H and O–H groups in total. The van der Waals surface area contributed by atoms with Gasteiger partial charge in [0.2, 0.25) is 5.91 Å². The molecule has 0 saturated heterocycles. The van der Waals surface area contributed by atoms with Gasteiger partial charge in [-0.25, -0.2) is 0 Å². The van der Waals surface area contributed by atoms with Crippen LogP contribution in [0.2, 0.25) is 0 Å². The average molecular weight is 419 g/mol. The number of hydrogen-bond donors (Lipinski definition) is 2. The van der Waals surface area contributed by atoms with Crippen molar-refractivity contribution >= 4 is 17.5 Å². The Balaban J connectivity index is 1.65. The van der Waals surface area contributed by atoms with Crippen LogP contribution in [0.4, 0.5) is 18.9 Å². The van der Waals surface area contributed by atoms with Gasteiger partial charge in [-0.05, 0) is 42.5 Å². The number of likely N-dealkylation sites (N-methyl/N-ethyl adjacent to an activating group) is 1. The molecule has 5 nitrogen and oxygen atoms in total. The number of anilines is 1. The van der Waals surface area contributed by atoms with Crippen molar-refractivity contribution in [1.82, 2.24) is 10.2 Å². The van der Waals surface area contributed by atoms with Crippen LogP contribution in [-0.4, -0.2) is 43.0 Å². The predicted octanol–water partition coefficient (Wildman–Crippen LogP) is 3.93. The number of fused-ring (bicyclic) bond motifs is 1. The van der Waals surface area contributed by atoms with Crippen molar-refractivity contribution < 1.29 is 22.8 Å². The van der Waals surface area contributed by atoms with Gasteiger partial charge >= 0.3 is 6.18 Å². The van der Waals surface area contributed by atoms with E-state index < -0.39 is 18.6 Å². The second-order valence-electron chi connectivity index (χ2n) is 7.31. The van der Waals surface area contributed by atoms with E-state index in [0.29, 0.717) is 5.69 Å². The third kappa shape index (κ3) is 5.31. The Kier molecular flexibility index (Phi) is 6.64. The molecule has 2 amide bonds. The molecule has 1 aliphatic rings. The van der Waals surface area contributed by atoms with E-state index in [4.69, 9.17) is 0 Å². The zero-order chi connectivity index (χ0) is 21.7. The summed E-state index contributed by atoms with van der Waals surface area (Å²) in [6, 6.07) is 14.2. The van der Waals surface area contributed by atoms with Crippen LogP contribution in [0.5, 0.6) is 0 Å². The summed E-state index contributed by atoms with van der Waals surface area (Å²) in [4.78, 5) is 26.6. The third-order valence-electron chi connectivity index (χ3n) is 5.25. The highest BCUT2D eigenvalue weighted by atomic mass is 19.4. The van der Waals surface area contributed by atoms with Crippen molar-refractivity contribution in [2.75, 3.05) is 25.5 Å². The molecule has 1 atom stereocenters. The summed E-state index contributed by atoms with van der Waals surface area (Å²) in [7, 11) is 1.75. The van der Waals surface area contributed by atoms with Crippen LogP contribution in [0.1, 0.15) is 40.4 Å². The highest BCUT2D eigenvalue weighted by Gasteiger charge is 2.29. The van der Waals surface area contributed by atoms with Crippen LogP contribution in [-0.2, 0) is 11.2 Å². The van der Waals surface area contributed by atoms with Crippen LogP contribution < -0.4 is 10.6 Å². The van der Waals surface area contributed by atoms with Crippen LogP contribution in [0.15, 0.2) is 48.5 Å². The van der Waals surface area contributed by atoms with E-state index in [2.05, 4.69) is 11.4 Å². The molecule has 0 heterocycles. The maximum atomic E-state index is 12.8. The summed E-state index contributed by atoms with van der Waals surface area (Å²) < 4.78 is 37.1. The predicted molar refractivity (Wildman–Crippen MR) is 108 cm³/mol. The van der Waals surface area contributed by atoms with Gasteiger partial charge in [0, 0.05) is 12.7 Å². The molecule has 0 bridgehead atoms. The smallest absolute Gasteiger partial charge is 0.376 e. The molecule has 2 aromatic carbocycles. The van der Waals surface area contributed by atoms with E-state index in [0.717, 1.165) is 24.8 Å². The number of carbonyl (C=O) groups excluding carboxylic acids is 2. The maximum Gasteiger partial charge on any atom is 0.405 e. The number of aryl methyl sites for hydroxylation is 1. The minimum atomic E-state index is -4.49. The highest BCUT2D eigenvalue weighted by molar-refractivity contribution is 6.00. The second-order valence-corrected chi connectivity index (χ2v) is 7.31.